The summed E-state index contributed by atoms with van der Waals surface area (Å²) in [5.74, 6) is 0.458. The Hall–Kier alpha value is -4.00. The van der Waals surface area contributed by atoms with Crippen LogP contribution in [-0.4, -0.2) is 19.5 Å². The molecule has 0 saturated heterocycles. The molecule has 0 radical (unpaired) electrons. The molecule has 0 saturated carbocycles. The lowest BCUT2D eigenvalue weighted by Crippen LogP contribution is -2.16. The lowest BCUT2D eigenvalue weighted by atomic mass is 10.1. The van der Waals surface area contributed by atoms with E-state index in [1.165, 1.54) is 16.8 Å². The predicted molar refractivity (Wildman–Crippen MR) is 106 cm³/mol. The molecule has 5 rings (SSSR count). The molecule has 1 aromatic carbocycles. The monoisotopic (exact) mass is 386 g/mol. The van der Waals surface area contributed by atoms with Crippen molar-refractivity contribution in [3.63, 3.8) is 0 Å². The molecule has 4 heterocycles. The van der Waals surface area contributed by atoms with Crippen LogP contribution in [0.2, 0.25) is 0 Å². The zero-order chi connectivity index (χ0) is 19.8. The number of rotatable bonds is 4. The Morgan fingerprint density at radius 3 is 2.69 bits per heavy atom. The minimum atomic E-state index is -0.608. The average molecular weight is 386 g/mol. The van der Waals surface area contributed by atoms with E-state index in [1.807, 2.05) is 30.3 Å². The second-order valence-corrected chi connectivity index (χ2v) is 6.59. The minimum absolute atomic E-state index is 0.238. The number of aromatic nitrogens is 4. The summed E-state index contributed by atoms with van der Waals surface area (Å²) >= 11 is 0. The lowest BCUT2D eigenvalue weighted by Gasteiger charge is -2.13. The molecule has 2 aliphatic rings. The number of H-pyrrole nitrogens is 1. The molecule has 6 nitrogen and oxygen atoms in total. The summed E-state index contributed by atoms with van der Waals surface area (Å²) in [5.41, 5.74) is 2.81. The predicted octanol–water partition coefficient (Wildman–Crippen LogP) is 4.05. The molecule has 2 aromatic heterocycles. The van der Waals surface area contributed by atoms with Gasteiger partial charge in [-0.25, -0.2) is 9.97 Å². The first-order chi connectivity index (χ1) is 14.2. The van der Waals surface area contributed by atoms with Crippen LogP contribution in [0, 0.1) is 5.95 Å². The summed E-state index contributed by atoms with van der Waals surface area (Å²) in [5, 5.41) is 0. The van der Waals surface area contributed by atoms with Gasteiger partial charge in [-0.1, -0.05) is 30.3 Å². The molecule has 0 bridgehead atoms. The van der Waals surface area contributed by atoms with Crippen LogP contribution in [0.15, 0.2) is 82.5 Å². The van der Waals surface area contributed by atoms with E-state index in [1.54, 1.807) is 30.7 Å². The summed E-state index contributed by atoms with van der Waals surface area (Å²) < 4.78 is 20.6. The molecule has 0 fully saturated rings. The Labute approximate surface area is 164 Å². The lowest BCUT2D eigenvalue weighted by molar-refractivity contribution is 0.519. The Morgan fingerprint density at radius 2 is 1.93 bits per heavy atom. The van der Waals surface area contributed by atoms with Crippen molar-refractivity contribution in [2.75, 3.05) is 0 Å². The van der Waals surface area contributed by atoms with Crippen LogP contribution in [0.25, 0.3) is 28.3 Å². The molecule has 29 heavy (non-hydrogen) atoms. The molecule has 142 valence electrons. The number of pyridine rings is 1. The standard InChI is InChI=1S/C22H15FN4O2/c23-19-11-15(8-9-24-19)20-21-26-17(12-16-7-4-10-29-16)22(28)27(21)13-18(25-20)14-5-2-1-3-6-14/h1-11,13,25H,12H2. The third kappa shape index (κ3) is 3.12. The van der Waals surface area contributed by atoms with Gasteiger partial charge in [-0.15, -0.1) is 0 Å². The van der Waals surface area contributed by atoms with Crippen molar-refractivity contribution in [1.82, 2.24) is 19.5 Å². The summed E-state index contributed by atoms with van der Waals surface area (Å²) in [6.45, 7) is 0. The fraction of sp³-hybridized carbons (Fsp3) is 0.0455. The van der Waals surface area contributed by atoms with Crippen LogP contribution in [-0.2, 0) is 6.42 Å². The molecule has 0 amide bonds. The van der Waals surface area contributed by atoms with Crippen LogP contribution < -0.4 is 5.56 Å². The number of nitrogens with zero attached hydrogens (tertiary/aromatic N) is 3. The SMILES string of the molecule is O=c1c(Cc2ccco2)nc2c(-c3ccnc(F)c3)[nH]c(-c3ccccc3)cn1-2. The number of aromatic amines is 1. The molecule has 0 unspecified atom stereocenters. The molecular formula is C22H15FN4O2. The second-order valence-electron chi connectivity index (χ2n) is 6.59. The van der Waals surface area contributed by atoms with Crippen molar-refractivity contribution in [2.45, 2.75) is 6.42 Å². The highest BCUT2D eigenvalue weighted by atomic mass is 19.1. The van der Waals surface area contributed by atoms with Crippen LogP contribution in [0.3, 0.4) is 0 Å². The van der Waals surface area contributed by atoms with E-state index in [0.717, 1.165) is 5.56 Å². The van der Waals surface area contributed by atoms with Gasteiger partial charge in [0.15, 0.2) is 5.82 Å². The molecule has 0 spiro atoms. The van der Waals surface area contributed by atoms with Crippen molar-refractivity contribution in [1.29, 1.82) is 0 Å². The molecule has 3 aromatic rings. The highest BCUT2D eigenvalue weighted by Crippen LogP contribution is 2.28. The third-order valence-electron chi connectivity index (χ3n) is 4.70. The Balaban J connectivity index is 1.75. The fourth-order valence-electron chi connectivity index (χ4n) is 3.33. The minimum Gasteiger partial charge on any atom is -0.469 e. The maximum Gasteiger partial charge on any atom is 0.278 e. The Morgan fingerprint density at radius 1 is 1.07 bits per heavy atom. The molecular weight excluding hydrogens is 371 g/mol. The maximum atomic E-state index is 13.8. The smallest absolute Gasteiger partial charge is 0.278 e. The van der Waals surface area contributed by atoms with Crippen LogP contribution in [0.4, 0.5) is 4.39 Å². The Bertz CT molecular complexity index is 1310. The van der Waals surface area contributed by atoms with Gasteiger partial charge in [0.05, 0.1) is 24.1 Å². The van der Waals surface area contributed by atoms with Crippen molar-refractivity contribution < 1.29 is 8.81 Å². The van der Waals surface area contributed by atoms with Gasteiger partial charge in [0.25, 0.3) is 5.56 Å². The second kappa shape index (κ2) is 6.87. The molecule has 0 atom stereocenters. The number of halogens is 1. The fourth-order valence-corrected chi connectivity index (χ4v) is 3.33. The molecule has 2 aliphatic heterocycles. The first-order valence-corrected chi connectivity index (χ1v) is 9.03. The third-order valence-corrected chi connectivity index (χ3v) is 4.70. The zero-order valence-electron chi connectivity index (χ0n) is 15.2. The van der Waals surface area contributed by atoms with Crippen molar-refractivity contribution in [3.8, 4) is 28.3 Å². The number of hydrogen-bond donors (Lipinski definition) is 1. The van der Waals surface area contributed by atoms with Gasteiger partial charge in [-0.05, 0) is 23.8 Å². The number of nitrogens with one attached hydrogen (secondary N) is 1. The normalized spacial score (nSPS) is 11.2. The van der Waals surface area contributed by atoms with E-state index in [0.29, 0.717) is 34.2 Å². The number of imidazole rings is 1. The van der Waals surface area contributed by atoms with Crippen molar-refractivity contribution in [2.24, 2.45) is 0 Å². The topological polar surface area (TPSA) is 76.7 Å². The number of fused-ring (bicyclic) bond motifs is 1. The molecule has 1 N–H and O–H groups in total. The van der Waals surface area contributed by atoms with E-state index < -0.39 is 5.95 Å². The van der Waals surface area contributed by atoms with Gasteiger partial charge >= 0.3 is 0 Å². The zero-order valence-corrected chi connectivity index (χ0v) is 15.2. The van der Waals surface area contributed by atoms with Gasteiger partial charge in [-0.2, -0.15) is 4.39 Å². The highest BCUT2D eigenvalue weighted by molar-refractivity contribution is 5.71. The largest absolute Gasteiger partial charge is 0.469 e. The molecule has 0 aliphatic carbocycles. The number of benzene rings is 1. The summed E-state index contributed by atoms with van der Waals surface area (Å²) in [6.07, 6.45) is 4.93. The van der Waals surface area contributed by atoms with E-state index in [4.69, 9.17) is 4.42 Å². The van der Waals surface area contributed by atoms with Gasteiger partial charge in [0.1, 0.15) is 11.5 Å². The van der Waals surface area contributed by atoms with Gasteiger partial charge in [-0.3, -0.25) is 9.36 Å². The number of furan rings is 1. The Kier molecular flexibility index (Phi) is 4.05. The van der Waals surface area contributed by atoms with E-state index in [9.17, 15) is 9.18 Å². The van der Waals surface area contributed by atoms with Crippen LogP contribution >= 0.6 is 0 Å². The summed E-state index contributed by atoms with van der Waals surface area (Å²) in [7, 11) is 0. The summed E-state index contributed by atoms with van der Waals surface area (Å²) in [6, 6.07) is 16.1. The first-order valence-electron chi connectivity index (χ1n) is 9.03. The van der Waals surface area contributed by atoms with Crippen molar-refractivity contribution >= 4 is 0 Å². The van der Waals surface area contributed by atoms with Crippen LogP contribution in [0.1, 0.15) is 11.5 Å². The highest BCUT2D eigenvalue weighted by Gasteiger charge is 2.22. The van der Waals surface area contributed by atoms with Crippen molar-refractivity contribution in [3.05, 3.63) is 101 Å². The van der Waals surface area contributed by atoms with Gasteiger partial charge in [0.2, 0.25) is 5.95 Å². The van der Waals surface area contributed by atoms with Gasteiger partial charge < -0.3 is 9.40 Å². The summed E-state index contributed by atoms with van der Waals surface area (Å²) in [4.78, 5) is 24.5. The first kappa shape index (κ1) is 17.1. The maximum absolute atomic E-state index is 13.8. The average Bonchev–Trinajstić information content (AvgIpc) is 3.37. The quantitative estimate of drug-likeness (QED) is 0.473. The van der Waals surface area contributed by atoms with E-state index >= 15 is 0 Å². The number of hydrogen-bond acceptors (Lipinski definition) is 4. The van der Waals surface area contributed by atoms with Gasteiger partial charge in [0, 0.05) is 24.0 Å². The van der Waals surface area contributed by atoms with Crippen LogP contribution in [0.5, 0.6) is 0 Å². The molecule has 7 heteroatoms. The van der Waals surface area contributed by atoms with E-state index in [-0.39, 0.29) is 12.0 Å². The van der Waals surface area contributed by atoms with E-state index in [2.05, 4.69) is 15.0 Å².